The van der Waals surface area contributed by atoms with E-state index in [1.807, 2.05) is 31.0 Å². The van der Waals surface area contributed by atoms with Crippen LogP contribution in [0, 0.1) is 11.6 Å². The van der Waals surface area contributed by atoms with E-state index in [-0.39, 0.29) is 17.7 Å². The Morgan fingerprint density at radius 3 is 2.52 bits per heavy atom. The highest BCUT2D eigenvalue weighted by Gasteiger charge is 2.16. The lowest BCUT2D eigenvalue weighted by molar-refractivity contribution is 0.511. The van der Waals surface area contributed by atoms with Gasteiger partial charge in [0.1, 0.15) is 11.6 Å². The maximum Gasteiger partial charge on any atom is 0.128 e. The van der Waals surface area contributed by atoms with Crippen molar-refractivity contribution in [2.45, 2.75) is 13.0 Å². The summed E-state index contributed by atoms with van der Waals surface area (Å²) in [5, 5.41) is 3.28. The molecule has 0 fully saturated rings. The molecule has 2 aromatic rings. The number of benzene rings is 2. The van der Waals surface area contributed by atoms with Crippen LogP contribution >= 0.6 is 0 Å². The number of anilines is 1. The maximum atomic E-state index is 14.0. The van der Waals surface area contributed by atoms with Crippen molar-refractivity contribution >= 4 is 5.69 Å². The van der Waals surface area contributed by atoms with Crippen molar-refractivity contribution in [3.63, 3.8) is 0 Å². The van der Waals surface area contributed by atoms with Crippen molar-refractivity contribution in [2.24, 2.45) is 0 Å². The van der Waals surface area contributed by atoms with E-state index in [0.29, 0.717) is 12.1 Å². The average Bonchev–Trinajstić information content (AvgIpc) is 2.47. The Labute approximate surface area is 124 Å². The van der Waals surface area contributed by atoms with Gasteiger partial charge in [0, 0.05) is 24.8 Å². The molecule has 0 aliphatic carbocycles. The van der Waals surface area contributed by atoms with Gasteiger partial charge in [0.25, 0.3) is 0 Å². The van der Waals surface area contributed by atoms with Gasteiger partial charge in [0.2, 0.25) is 0 Å². The molecule has 0 saturated carbocycles. The molecular formula is C17H20F2N2. The number of halogens is 2. The summed E-state index contributed by atoms with van der Waals surface area (Å²) in [6.45, 7) is 3.27. The van der Waals surface area contributed by atoms with E-state index in [4.69, 9.17) is 0 Å². The maximum absolute atomic E-state index is 14.0. The molecule has 21 heavy (non-hydrogen) atoms. The monoisotopic (exact) mass is 290 g/mol. The van der Waals surface area contributed by atoms with Gasteiger partial charge in [-0.15, -0.1) is 0 Å². The van der Waals surface area contributed by atoms with Crippen LogP contribution in [0.15, 0.2) is 48.5 Å². The molecule has 0 aliphatic rings. The number of nitrogens with zero attached hydrogens (tertiary/aromatic N) is 1. The third kappa shape index (κ3) is 4.02. The average molecular weight is 290 g/mol. The summed E-state index contributed by atoms with van der Waals surface area (Å²) in [7, 11) is 1.87. The Kier molecular flexibility index (Phi) is 5.28. The largest absolute Gasteiger partial charge is 0.373 e. The van der Waals surface area contributed by atoms with E-state index in [1.54, 1.807) is 18.2 Å². The number of likely N-dealkylation sites (N-methyl/N-ethyl adjacent to an activating group) is 2. The lowest BCUT2D eigenvalue weighted by Gasteiger charge is -2.27. The molecule has 1 N–H and O–H groups in total. The predicted octanol–water partition coefficient (Wildman–Crippen LogP) is 3.75. The fourth-order valence-electron chi connectivity index (χ4n) is 2.37. The van der Waals surface area contributed by atoms with E-state index in [9.17, 15) is 8.78 Å². The summed E-state index contributed by atoms with van der Waals surface area (Å²) in [6, 6.07) is 13.0. The number of hydrogen-bond acceptors (Lipinski definition) is 2. The molecular weight excluding hydrogens is 270 g/mol. The van der Waals surface area contributed by atoms with E-state index < -0.39 is 0 Å². The Balaban J connectivity index is 2.18. The lowest BCUT2D eigenvalue weighted by atomic mass is 10.1. The highest BCUT2D eigenvalue weighted by atomic mass is 19.1. The van der Waals surface area contributed by atoms with Gasteiger partial charge >= 0.3 is 0 Å². The zero-order valence-corrected chi connectivity index (χ0v) is 12.3. The van der Waals surface area contributed by atoms with Crippen LogP contribution in [0.5, 0.6) is 0 Å². The molecule has 0 heterocycles. The van der Waals surface area contributed by atoms with Crippen LogP contribution < -0.4 is 10.2 Å². The fraction of sp³-hybridized carbons (Fsp3) is 0.294. The van der Waals surface area contributed by atoms with Gasteiger partial charge in [0.05, 0.1) is 6.04 Å². The first-order chi connectivity index (χ1) is 10.1. The van der Waals surface area contributed by atoms with Crippen molar-refractivity contribution in [2.75, 3.05) is 25.0 Å². The third-order valence-electron chi connectivity index (χ3n) is 3.44. The molecule has 0 amide bonds. The topological polar surface area (TPSA) is 15.3 Å². The summed E-state index contributed by atoms with van der Waals surface area (Å²) in [4.78, 5) is 1.92. The third-order valence-corrected chi connectivity index (χ3v) is 3.44. The van der Waals surface area contributed by atoms with Crippen LogP contribution in [0.3, 0.4) is 0 Å². The molecule has 0 radical (unpaired) electrons. The minimum atomic E-state index is -0.273. The molecule has 0 bridgehead atoms. The molecule has 2 nitrogen and oxygen atoms in total. The molecule has 1 atom stereocenters. The first kappa shape index (κ1) is 15.4. The second-order valence-corrected chi connectivity index (χ2v) is 4.99. The zero-order valence-electron chi connectivity index (χ0n) is 12.3. The van der Waals surface area contributed by atoms with Crippen molar-refractivity contribution in [3.05, 3.63) is 65.7 Å². The highest BCUT2D eigenvalue weighted by molar-refractivity contribution is 5.46. The van der Waals surface area contributed by atoms with Crippen LogP contribution in [0.25, 0.3) is 0 Å². The van der Waals surface area contributed by atoms with Crippen LogP contribution in [0.1, 0.15) is 18.5 Å². The van der Waals surface area contributed by atoms with E-state index in [1.165, 1.54) is 18.2 Å². The second kappa shape index (κ2) is 7.18. The molecule has 0 spiro atoms. The van der Waals surface area contributed by atoms with E-state index in [2.05, 4.69) is 5.32 Å². The second-order valence-electron chi connectivity index (χ2n) is 4.99. The van der Waals surface area contributed by atoms with Crippen molar-refractivity contribution in [1.29, 1.82) is 0 Å². The van der Waals surface area contributed by atoms with Crippen molar-refractivity contribution in [1.82, 2.24) is 5.32 Å². The fourth-order valence-corrected chi connectivity index (χ4v) is 2.37. The van der Waals surface area contributed by atoms with E-state index >= 15 is 0 Å². The number of hydrogen-bond donors (Lipinski definition) is 1. The van der Waals surface area contributed by atoms with Crippen LogP contribution in [0.4, 0.5) is 14.5 Å². The smallest absolute Gasteiger partial charge is 0.128 e. The van der Waals surface area contributed by atoms with Crippen LogP contribution in [-0.2, 0) is 0 Å². The molecule has 1 unspecified atom stereocenters. The first-order valence-corrected chi connectivity index (χ1v) is 7.06. The van der Waals surface area contributed by atoms with Gasteiger partial charge < -0.3 is 10.2 Å². The SMILES string of the molecule is CCNC(CN(C)c1cccc(F)c1)c1ccccc1F. The first-order valence-electron chi connectivity index (χ1n) is 7.06. The molecule has 0 aliphatic heterocycles. The summed E-state index contributed by atoms with van der Waals surface area (Å²) in [5.74, 6) is -0.499. The Bertz CT molecular complexity index is 587. The summed E-state index contributed by atoms with van der Waals surface area (Å²) in [5.41, 5.74) is 1.40. The lowest BCUT2D eigenvalue weighted by Crippen LogP contribution is -2.33. The molecule has 2 rings (SSSR count). The van der Waals surface area contributed by atoms with Crippen molar-refractivity contribution in [3.8, 4) is 0 Å². The van der Waals surface area contributed by atoms with Gasteiger partial charge in [-0.05, 0) is 30.8 Å². The van der Waals surface area contributed by atoms with Gasteiger partial charge in [-0.25, -0.2) is 8.78 Å². The Morgan fingerprint density at radius 2 is 1.86 bits per heavy atom. The Morgan fingerprint density at radius 1 is 1.10 bits per heavy atom. The predicted molar refractivity (Wildman–Crippen MR) is 82.5 cm³/mol. The minimum Gasteiger partial charge on any atom is -0.373 e. The number of rotatable bonds is 6. The quantitative estimate of drug-likeness (QED) is 0.871. The number of nitrogens with one attached hydrogen (secondary N) is 1. The molecule has 4 heteroatoms. The normalized spacial score (nSPS) is 12.2. The van der Waals surface area contributed by atoms with Gasteiger partial charge in [-0.2, -0.15) is 0 Å². The van der Waals surface area contributed by atoms with Gasteiger partial charge in [-0.1, -0.05) is 31.2 Å². The van der Waals surface area contributed by atoms with Crippen LogP contribution in [-0.4, -0.2) is 20.1 Å². The summed E-state index contributed by atoms with van der Waals surface area (Å²) < 4.78 is 27.3. The summed E-state index contributed by atoms with van der Waals surface area (Å²) >= 11 is 0. The standard InChI is InChI=1S/C17H20F2N2/c1-3-20-17(15-9-4-5-10-16(15)19)12-21(2)14-8-6-7-13(18)11-14/h4-11,17,20H,3,12H2,1-2H3. The van der Waals surface area contributed by atoms with E-state index in [0.717, 1.165) is 12.2 Å². The van der Waals surface area contributed by atoms with Gasteiger partial charge in [0.15, 0.2) is 0 Å². The molecule has 2 aromatic carbocycles. The van der Waals surface area contributed by atoms with Crippen LogP contribution in [0.2, 0.25) is 0 Å². The highest BCUT2D eigenvalue weighted by Crippen LogP contribution is 2.21. The molecule has 0 saturated heterocycles. The zero-order chi connectivity index (χ0) is 15.2. The summed E-state index contributed by atoms with van der Waals surface area (Å²) in [6.07, 6.45) is 0. The molecule has 112 valence electrons. The van der Waals surface area contributed by atoms with Crippen molar-refractivity contribution < 1.29 is 8.78 Å². The Hall–Kier alpha value is -1.94. The minimum absolute atomic E-state index is 0.149. The van der Waals surface area contributed by atoms with Gasteiger partial charge in [-0.3, -0.25) is 0 Å². The molecule has 0 aromatic heterocycles.